The van der Waals surface area contributed by atoms with Crippen LogP contribution in [-0.2, 0) is 10.8 Å². The van der Waals surface area contributed by atoms with Gasteiger partial charge < -0.3 is 5.32 Å². The summed E-state index contributed by atoms with van der Waals surface area (Å²) in [7, 11) is -0.869. The third-order valence-electron chi connectivity index (χ3n) is 2.27. The van der Waals surface area contributed by atoms with Crippen molar-refractivity contribution in [2.45, 2.75) is 18.6 Å². The molecule has 1 heterocycles. The van der Waals surface area contributed by atoms with Crippen molar-refractivity contribution in [1.82, 2.24) is 15.5 Å². The van der Waals surface area contributed by atoms with E-state index in [1.807, 2.05) is 6.92 Å². The van der Waals surface area contributed by atoms with Gasteiger partial charge in [-0.25, -0.2) is 0 Å². The second kappa shape index (κ2) is 6.66. The van der Waals surface area contributed by atoms with E-state index in [1.165, 1.54) is 12.1 Å². The fourth-order valence-corrected chi connectivity index (χ4v) is 1.63. The number of carbonyl (C=O) groups excluding carboxylic acids is 1. The van der Waals surface area contributed by atoms with Crippen molar-refractivity contribution in [2.24, 2.45) is 0 Å². The second-order valence-corrected chi connectivity index (χ2v) is 5.78. The monoisotopic (exact) mass is 275 g/mol. The molecule has 0 aliphatic carbocycles. The Balaban J connectivity index is 2.40. The van der Waals surface area contributed by atoms with E-state index in [4.69, 9.17) is 11.6 Å². The van der Waals surface area contributed by atoms with Gasteiger partial charge in [0, 0.05) is 28.9 Å². The highest BCUT2D eigenvalue weighted by Crippen LogP contribution is 2.02. The number of amides is 1. The summed E-state index contributed by atoms with van der Waals surface area (Å²) in [6.45, 7) is 2.34. The number of nitrogens with zero attached hydrogens (tertiary/aromatic N) is 2. The van der Waals surface area contributed by atoms with Gasteiger partial charge in [-0.3, -0.25) is 9.00 Å². The SMILES string of the molecule is CC(CCNC(=O)c1ccc(Cl)nn1)S(C)=O. The Labute approximate surface area is 107 Å². The third kappa shape index (κ3) is 4.79. The van der Waals surface area contributed by atoms with Gasteiger partial charge in [-0.1, -0.05) is 18.5 Å². The molecule has 17 heavy (non-hydrogen) atoms. The van der Waals surface area contributed by atoms with Crippen molar-refractivity contribution >= 4 is 28.3 Å². The van der Waals surface area contributed by atoms with Crippen LogP contribution < -0.4 is 5.32 Å². The maximum atomic E-state index is 11.6. The molecule has 0 aliphatic rings. The van der Waals surface area contributed by atoms with Crippen LogP contribution in [0.4, 0.5) is 0 Å². The summed E-state index contributed by atoms with van der Waals surface area (Å²) in [4.78, 5) is 11.6. The maximum absolute atomic E-state index is 11.6. The van der Waals surface area contributed by atoms with Crippen LogP contribution in [0.1, 0.15) is 23.8 Å². The topological polar surface area (TPSA) is 72.0 Å². The Morgan fingerprint density at radius 1 is 1.53 bits per heavy atom. The van der Waals surface area contributed by atoms with E-state index in [1.54, 1.807) is 6.26 Å². The minimum Gasteiger partial charge on any atom is -0.351 e. The van der Waals surface area contributed by atoms with Crippen LogP contribution in [0, 0.1) is 0 Å². The van der Waals surface area contributed by atoms with Gasteiger partial charge in [0.25, 0.3) is 5.91 Å². The van der Waals surface area contributed by atoms with E-state index in [0.717, 1.165) is 0 Å². The summed E-state index contributed by atoms with van der Waals surface area (Å²) < 4.78 is 11.1. The lowest BCUT2D eigenvalue weighted by atomic mass is 10.3. The minimum absolute atomic E-state index is 0.0617. The van der Waals surface area contributed by atoms with Crippen LogP contribution in [0.15, 0.2) is 12.1 Å². The molecule has 0 radical (unpaired) electrons. The third-order valence-corrected chi connectivity index (χ3v) is 3.84. The Kier molecular flexibility index (Phi) is 5.50. The van der Waals surface area contributed by atoms with Crippen molar-refractivity contribution in [1.29, 1.82) is 0 Å². The Morgan fingerprint density at radius 3 is 2.76 bits per heavy atom. The number of carbonyl (C=O) groups is 1. The van der Waals surface area contributed by atoms with Crippen LogP contribution in [0.2, 0.25) is 5.15 Å². The van der Waals surface area contributed by atoms with E-state index >= 15 is 0 Å². The lowest BCUT2D eigenvalue weighted by Crippen LogP contribution is -2.28. The first-order chi connectivity index (χ1) is 8.00. The molecule has 0 saturated heterocycles. The minimum atomic E-state index is -0.869. The van der Waals surface area contributed by atoms with Crippen LogP contribution in [0.25, 0.3) is 0 Å². The molecule has 5 nitrogen and oxygen atoms in total. The summed E-state index contributed by atoms with van der Waals surface area (Å²) in [6, 6.07) is 3.01. The first-order valence-electron chi connectivity index (χ1n) is 5.10. The molecule has 0 bridgehead atoms. The van der Waals surface area contributed by atoms with Crippen LogP contribution in [0.5, 0.6) is 0 Å². The van der Waals surface area contributed by atoms with E-state index in [2.05, 4.69) is 15.5 Å². The second-order valence-electron chi connectivity index (χ2n) is 3.60. The molecule has 0 saturated carbocycles. The number of hydrogen-bond acceptors (Lipinski definition) is 4. The Bertz CT molecular complexity index is 411. The highest BCUT2D eigenvalue weighted by Gasteiger charge is 2.09. The highest BCUT2D eigenvalue weighted by atomic mass is 35.5. The number of nitrogens with one attached hydrogen (secondary N) is 1. The van der Waals surface area contributed by atoms with Gasteiger partial charge in [0.15, 0.2) is 10.8 Å². The number of aromatic nitrogens is 2. The summed E-state index contributed by atoms with van der Waals surface area (Å²) in [5.41, 5.74) is 0.222. The van der Waals surface area contributed by atoms with Crippen molar-refractivity contribution in [2.75, 3.05) is 12.8 Å². The van der Waals surface area contributed by atoms with E-state index < -0.39 is 10.8 Å². The summed E-state index contributed by atoms with van der Waals surface area (Å²) in [5, 5.41) is 10.2. The average Bonchev–Trinajstić information content (AvgIpc) is 2.29. The van der Waals surface area contributed by atoms with Gasteiger partial charge in [0.1, 0.15) is 0 Å². The lowest BCUT2D eigenvalue weighted by molar-refractivity contribution is 0.0947. The zero-order valence-corrected chi connectivity index (χ0v) is 11.2. The largest absolute Gasteiger partial charge is 0.351 e. The van der Waals surface area contributed by atoms with Gasteiger partial charge >= 0.3 is 0 Å². The van der Waals surface area contributed by atoms with E-state index in [9.17, 15) is 9.00 Å². The summed E-state index contributed by atoms with van der Waals surface area (Å²) in [5.74, 6) is -0.303. The van der Waals surface area contributed by atoms with Gasteiger partial charge in [0.05, 0.1) is 0 Å². The number of halogens is 1. The van der Waals surface area contributed by atoms with Crippen molar-refractivity contribution in [3.63, 3.8) is 0 Å². The molecule has 2 atom stereocenters. The quantitative estimate of drug-likeness (QED) is 0.871. The maximum Gasteiger partial charge on any atom is 0.271 e. The van der Waals surface area contributed by atoms with Crippen molar-refractivity contribution in [3.8, 4) is 0 Å². The van der Waals surface area contributed by atoms with Crippen molar-refractivity contribution < 1.29 is 9.00 Å². The first kappa shape index (κ1) is 14.1. The van der Waals surface area contributed by atoms with Crippen molar-refractivity contribution in [3.05, 3.63) is 23.0 Å². The average molecular weight is 276 g/mol. The molecule has 94 valence electrons. The normalized spacial score (nSPS) is 14.1. The first-order valence-corrected chi connectivity index (χ1v) is 7.10. The molecule has 0 aromatic carbocycles. The molecule has 0 spiro atoms. The molecular formula is C10H14ClN3O2S. The van der Waals surface area contributed by atoms with Crippen LogP contribution >= 0.6 is 11.6 Å². The molecule has 0 fully saturated rings. The predicted octanol–water partition coefficient (Wildman–Crippen LogP) is 1.02. The highest BCUT2D eigenvalue weighted by molar-refractivity contribution is 7.84. The molecule has 1 aromatic heterocycles. The molecule has 1 N–H and O–H groups in total. The summed E-state index contributed by atoms with van der Waals surface area (Å²) in [6.07, 6.45) is 2.31. The van der Waals surface area contributed by atoms with E-state index in [-0.39, 0.29) is 22.0 Å². The molecular weight excluding hydrogens is 262 g/mol. The smallest absolute Gasteiger partial charge is 0.271 e. The number of rotatable bonds is 5. The zero-order chi connectivity index (χ0) is 12.8. The van der Waals surface area contributed by atoms with Gasteiger partial charge in [0.2, 0.25) is 0 Å². The zero-order valence-electron chi connectivity index (χ0n) is 9.64. The van der Waals surface area contributed by atoms with Crippen LogP contribution in [-0.4, -0.2) is 38.4 Å². The molecule has 1 rings (SSSR count). The fourth-order valence-electron chi connectivity index (χ4n) is 1.08. The standard InChI is InChI=1S/C10H14ClN3O2S/c1-7(17(2)16)5-6-12-10(15)8-3-4-9(11)14-13-8/h3-4,7H,5-6H2,1-2H3,(H,12,15). The molecule has 2 unspecified atom stereocenters. The van der Waals surface area contributed by atoms with Gasteiger partial charge in [-0.05, 0) is 18.6 Å². The Hall–Kier alpha value is -1.01. The number of hydrogen-bond donors (Lipinski definition) is 1. The lowest BCUT2D eigenvalue weighted by Gasteiger charge is -2.08. The molecule has 7 heteroatoms. The Morgan fingerprint density at radius 2 is 2.24 bits per heavy atom. The predicted molar refractivity (Wildman–Crippen MR) is 67.5 cm³/mol. The fraction of sp³-hybridized carbons (Fsp3) is 0.500. The van der Waals surface area contributed by atoms with Gasteiger partial charge in [-0.15, -0.1) is 10.2 Å². The molecule has 0 aliphatic heterocycles. The van der Waals surface area contributed by atoms with Crippen LogP contribution in [0.3, 0.4) is 0 Å². The van der Waals surface area contributed by atoms with Gasteiger partial charge in [-0.2, -0.15) is 0 Å². The molecule has 1 aromatic rings. The molecule has 1 amide bonds. The van der Waals surface area contributed by atoms with E-state index in [0.29, 0.717) is 13.0 Å². The summed E-state index contributed by atoms with van der Waals surface area (Å²) >= 11 is 5.56.